The summed E-state index contributed by atoms with van der Waals surface area (Å²) in [5.74, 6) is -3.96. The molecule has 0 unspecified atom stereocenters. The number of hydrogen-bond donors (Lipinski definition) is 1. The van der Waals surface area contributed by atoms with Gasteiger partial charge >= 0.3 is 12.5 Å². The monoisotopic (exact) mass is 426 g/mol. The summed E-state index contributed by atoms with van der Waals surface area (Å²) < 4.78 is 83.2. The number of halogens is 6. The Kier molecular flexibility index (Phi) is 6.24. The molecular formula is C22H16F6O2. The molecule has 3 aromatic carbocycles. The van der Waals surface area contributed by atoms with Gasteiger partial charge in [0.25, 0.3) is 0 Å². The van der Waals surface area contributed by atoms with Crippen LogP contribution >= 0.6 is 0 Å². The number of hydrogen-bond acceptors (Lipinski definition) is 2. The quantitative estimate of drug-likeness (QED) is 0.451. The van der Waals surface area contributed by atoms with E-state index in [4.69, 9.17) is 0 Å². The lowest BCUT2D eigenvalue weighted by Crippen LogP contribution is -2.33. The molecule has 0 saturated carbocycles. The zero-order chi connectivity index (χ0) is 21.9. The molecule has 1 N–H and O–H groups in total. The SMILES string of the molecule is Oc1cc([C@@H](Cc2ccccc2)c2cc(F)cc(OC(F)(F)C(F)F)c2)ccc1F. The van der Waals surface area contributed by atoms with E-state index in [0.717, 1.165) is 29.8 Å². The van der Waals surface area contributed by atoms with Crippen LogP contribution in [0.1, 0.15) is 22.6 Å². The predicted octanol–water partition coefficient (Wildman–Crippen LogP) is 6.28. The molecule has 3 aromatic rings. The Morgan fingerprint density at radius 1 is 0.867 bits per heavy atom. The van der Waals surface area contributed by atoms with Crippen LogP contribution in [0.5, 0.6) is 11.5 Å². The van der Waals surface area contributed by atoms with Crippen molar-refractivity contribution < 1.29 is 36.2 Å². The fourth-order valence-electron chi connectivity index (χ4n) is 3.07. The summed E-state index contributed by atoms with van der Waals surface area (Å²) in [5.41, 5.74) is 1.29. The van der Waals surface area contributed by atoms with Crippen LogP contribution in [-0.4, -0.2) is 17.6 Å². The molecule has 0 aromatic heterocycles. The van der Waals surface area contributed by atoms with E-state index in [-0.39, 0.29) is 12.0 Å². The second-order valence-electron chi connectivity index (χ2n) is 6.64. The maximum absolute atomic E-state index is 14.1. The highest BCUT2D eigenvalue weighted by molar-refractivity contribution is 5.42. The Bertz CT molecular complexity index is 1010. The zero-order valence-electron chi connectivity index (χ0n) is 15.3. The molecule has 8 heteroatoms. The van der Waals surface area contributed by atoms with Crippen molar-refractivity contribution in [1.29, 1.82) is 0 Å². The van der Waals surface area contributed by atoms with Crippen molar-refractivity contribution in [3.05, 3.63) is 95.1 Å². The summed E-state index contributed by atoms with van der Waals surface area (Å²) in [4.78, 5) is 0. The lowest BCUT2D eigenvalue weighted by molar-refractivity contribution is -0.253. The van der Waals surface area contributed by atoms with Crippen molar-refractivity contribution in [1.82, 2.24) is 0 Å². The van der Waals surface area contributed by atoms with E-state index in [0.29, 0.717) is 11.6 Å². The van der Waals surface area contributed by atoms with Gasteiger partial charge in [-0.25, -0.2) is 8.78 Å². The normalized spacial score (nSPS) is 12.8. The van der Waals surface area contributed by atoms with Gasteiger partial charge in [0.05, 0.1) is 0 Å². The number of aromatic hydroxyl groups is 1. The molecule has 0 spiro atoms. The van der Waals surface area contributed by atoms with Gasteiger partial charge in [-0.15, -0.1) is 0 Å². The molecule has 0 saturated heterocycles. The molecule has 0 aliphatic heterocycles. The first-order valence-electron chi connectivity index (χ1n) is 8.83. The van der Waals surface area contributed by atoms with Crippen LogP contribution in [-0.2, 0) is 6.42 Å². The van der Waals surface area contributed by atoms with E-state index in [1.165, 1.54) is 6.07 Å². The van der Waals surface area contributed by atoms with Crippen LogP contribution in [0.3, 0.4) is 0 Å². The van der Waals surface area contributed by atoms with Gasteiger partial charge < -0.3 is 9.84 Å². The van der Waals surface area contributed by atoms with Gasteiger partial charge in [-0.1, -0.05) is 36.4 Å². The Labute approximate surface area is 168 Å². The summed E-state index contributed by atoms with van der Waals surface area (Å²) in [6, 6.07) is 15.0. The Balaban J connectivity index is 2.05. The first-order chi connectivity index (χ1) is 14.2. The average molecular weight is 426 g/mol. The largest absolute Gasteiger partial charge is 0.505 e. The van der Waals surface area contributed by atoms with E-state index < -0.39 is 41.6 Å². The van der Waals surface area contributed by atoms with Gasteiger partial charge in [0.1, 0.15) is 11.6 Å². The van der Waals surface area contributed by atoms with Gasteiger partial charge in [0.15, 0.2) is 11.6 Å². The molecule has 0 fully saturated rings. The number of phenolic OH excluding ortho intramolecular Hbond substituents is 1. The maximum Gasteiger partial charge on any atom is 0.461 e. The van der Waals surface area contributed by atoms with E-state index in [2.05, 4.69) is 4.74 Å². The third kappa shape index (κ3) is 5.06. The first-order valence-corrected chi connectivity index (χ1v) is 8.83. The summed E-state index contributed by atoms with van der Waals surface area (Å²) in [6.07, 6.45) is -8.66. The summed E-state index contributed by atoms with van der Waals surface area (Å²) in [7, 11) is 0. The van der Waals surface area contributed by atoms with Crippen LogP contribution in [0.25, 0.3) is 0 Å². The van der Waals surface area contributed by atoms with Crippen LogP contribution in [0.4, 0.5) is 26.3 Å². The predicted molar refractivity (Wildman–Crippen MR) is 98.0 cm³/mol. The highest BCUT2D eigenvalue weighted by atomic mass is 19.3. The molecule has 158 valence electrons. The fourth-order valence-corrected chi connectivity index (χ4v) is 3.07. The third-order valence-corrected chi connectivity index (χ3v) is 4.46. The lowest BCUT2D eigenvalue weighted by Gasteiger charge is -2.21. The molecule has 0 aliphatic carbocycles. The second kappa shape index (κ2) is 8.69. The zero-order valence-corrected chi connectivity index (χ0v) is 15.3. The van der Waals surface area contributed by atoms with Gasteiger partial charge in [0, 0.05) is 12.0 Å². The Morgan fingerprint density at radius 3 is 2.20 bits per heavy atom. The maximum atomic E-state index is 14.1. The Morgan fingerprint density at radius 2 is 1.57 bits per heavy atom. The van der Waals surface area contributed by atoms with Gasteiger partial charge in [-0.3, -0.25) is 0 Å². The topological polar surface area (TPSA) is 29.5 Å². The van der Waals surface area contributed by atoms with Crippen molar-refractivity contribution in [3.8, 4) is 11.5 Å². The average Bonchev–Trinajstić information content (AvgIpc) is 2.68. The van der Waals surface area contributed by atoms with Crippen molar-refractivity contribution in [3.63, 3.8) is 0 Å². The smallest absolute Gasteiger partial charge is 0.461 e. The third-order valence-electron chi connectivity index (χ3n) is 4.46. The van der Waals surface area contributed by atoms with Crippen molar-refractivity contribution in [2.45, 2.75) is 24.9 Å². The van der Waals surface area contributed by atoms with E-state index in [1.54, 1.807) is 30.3 Å². The molecule has 0 bridgehead atoms. The highest BCUT2D eigenvalue weighted by Gasteiger charge is 2.44. The summed E-state index contributed by atoms with van der Waals surface area (Å²) in [5, 5.41) is 9.73. The van der Waals surface area contributed by atoms with Gasteiger partial charge in [-0.2, -0.15) is 17.6 Å². The Hall–Kier alpha value is -3.16. The molecule has 2 nitrogen and oxygen atoms in total. The first kappa shape index (κ1) is 21.5. The van der Waals surface area contributed by atoms with Gasteiger partial charge in [0.2, 0.25) is 0 Å². The van der Waals surface area contributed by atoms with Crippen LogP contribution in [0.2, 0.25) is 0 Å². The van der Waals surface area contributed by atoms with Crippen LogP contribution in [0, 0.1) is 11.6 Å². The molecule has 1 atom stereocenters. The number of rotatable bonds is 7. The second-order valence-corrected chi connectivity index (χ2v) is 6.64. The molecule has 0 aliphatic rings. The molecule has 0 heterocycles. The lowest BCUT2D eigenvalue weighted by atomic mass is 9.85. The number of benzene rings is 3. The minimum absolute atomic E-state index is 0.130. The molecule has 0 amide bonds. The summed E-state index contributed by atoms with van der Waals surface area (Å²) >= 11 is 0. The van der Waals surface area contributed by atoms with E-state index >= 15 is 0 Å². The number of phenols is 1. The number of alkyl halides is 4. The molecule has 30 heavy (non-hydrogen) atoms. The molecule has 0 radical (unpaired) electrons. The van der Waals surface area contributed by atoms with Crippen LogP contribution in [0.15, 0.2) is 66.7 Å². The van der Waals surface area contributed by atoms with Crippen molar-refractivity contribution in [2.75, 3.05) is 0 Å². The van der Waals surface area contributed by atoms with E-state index in [1.807, 2.05) is 0 Å². The van der Waals surface area contributed by atoms with Crippen molar-refractivity contribution in [2.24, 2.45) is 0 Å². The van der Waals surface area contributed by atoms with Crippen LogP contribution < -0.4 is 4.74 Å². The standard InChI is InChI=1S/C22H16F6O2/c23-16-9-15(10-17(12-16)30-22(27,28)21(25)26)18(8-13-4-2-1-3-5-13)14-6-7-19(24)20(29)11-14/h1-7,9-12,18,21,29H,8H2/t18-/m1/s1. The summed E-state index contributed by atoms with van der Waals surface area (Å²) in [6.45, 7) is 0. The minimum Gasteiger partial charge on any atom is -0.505 e. The molecular weight excluding hydrogens is 410 g/mol. The highest BCUT2D eigenvalue weighted by Crippen LogP contribution is 2.35. The minimum atomic E-state index is -4.80. The number of ether oxygens (including phenoxy) is 1. The van der Waals surface area contributed by atoms with Crippen molar-refractivity contribution >= 4 is 0 Å². The molecule has 3 rings (SSSR count). The van der Waals surface area contributed by atoms with E-state index in [9.17, 15) is 31.4 Å². The fraction of sp³-hybridized carbons (Fsp3) is 0.182. The van der Waals surface area contributed by atoms with Gasteiger partial charge in [-0.05, 0) is 47.4 Å².